The molecule has 0 amide bonds. The highest BCUT2D eigenvalue weighted by atomic mass is 35.5. The molecule has 0 radical (unpaired) electrons. The van der Waals surface area contributed by atoms with Gasteiger partial charge in [0.15, 0.2) is 9.84 Å². The number of hydrogen-bond donors (Lipinski definition) is 0. The van der Waals surface area contributed by atoms with Gasteiger partial charge in [-0.25, -0.2) is 18.2 Å². The molecule has 80 valence electrons. The van der Waals surface area contributed by atoms with Crippen molar-refractivity contribution in [2.24, 2.45) is 4.99 Å². The average molecular weight is 246 g/mol. The molecular weight excluding hydrogens is 238 g/mol. The lowest BCUT2D eigenvalue weighted by Crippen LogP contribution is -1.98. The maximum absolute atomic E-state index is 11.2. The summed E-state index contributed by atoms with van der Waals surface area (Å²) in [7, 11) is -3.31. The predicted octanol–water partition coefficient (Wildman–Crippen LogP) is 1.58. The average Bonchev–Trinajstić information content (AvgIpc) is 2.12. The largest absolute Gasteiger partial charge is 0.235 e. The molecule has 0 saturated carbocycles. The highest BCUT2D eigenvalue weighted by Gasteiger charge is 2.11. The standard InChI is InChI=1S/C9H8ClNO3S/c1-15(13,14)9-3-2-7(4-8(9)10)5-11-6-12/h2-4H,5H2,1H3. The lowest BCUT2D eigenvalue weighted by atomic mass is 10.2. The first-order chi connectivity index (χ1) is 6.95. The van der Waals surface area contributed by atoms with Crippen molar-refractivity contribution < 1.29 is 13.2 Å². The van der Waals surface area contributed by atoms with E-state index in [9.17, 15) is 13.2 Å². The van der Waals surface area contributed by atoms with Crippen LogP contribution in [0.2, 0.25) is 5.02 Å². The van der Waals surface area contributed by atoms with Crippen LogP contribution >= 0.6 is 11.6 Å². The van der Waals surface area contributed by atoms with Crippen LogP contribution in [0.5, 0.6) is 0 Å². The number of halogens is 1. The number of carbonyl (C=O) groups excluding carboxylic acids is 1. The van der Waals surface area contributed by atoms with E-state index in [-0.39, 0.29) is 16.5 Å². The second kappa shape index (κ2) is 4.57. The topological polar surface area (TPSA) is 63.6 Å². The number of sulfone groups is 1. The minimum Gasteiger partial charge on any atom is -0.224 e. The van der Waals surface area contributed by atoms with Gasteiger partial charge in [-0.3, -0.25) is 0 Å². The fourth-order valence-electron chi connectivity index (χ4n) is 1.07. The van der Waals surface area contributed by atoms with Gasteiger partial charge in [-0.05, 0) is 17.7 Å². The van der Waals surface area contributed by atoms with Crippen LogP contribution in [0.3, 0.4) is 0 Å². The minimum absolute atomic E-state index is 0.0722. The molecule has 0 unspecified atom stereocenters. The zero-order valence-corrected chi connectivity index (χ0v) is 9.47. The molecule has 6 heteroatoms. The molecule has 4 nitrogen and oxygen atoms in total. The summed E-state index contributed by atoms with van der Waals surface area (Å²) in [4.78, 5) is 13.3. The van der Waals surface area contributed by atoms with Gasteiger partial charge >= 0.3 is 0 Å². The van der Waals surface area contributed by atoms with E-state index in [2.05, 4.69) is 4.99 Å². The van der Waals surface area contributed by atoms with E-state index in [1.54, 1.807) is 6.07 Å². The molecule has 15 heavy (non-hydrogen) atoms. The Morgan fingerprint density at radius 3 is 2.60 bits per heavy atom. The monoisotopic (exact) mass is 245 g/mol. The van der Waals surface area contributed by atoms with Crippen LogP contribution in [0.25, 0.3) is 0 Å². The zero-order valence-electron chi connectivity index (χ0n) is 7.90. The summed E-state index contributed by atoms with van der Waals surface area (Å²) < 4.78 is 22.4. The Morgan fingerprint density at radius 2 is 2.13 bits per heavy atom. The third kappa shape index (κ3) is 3.16. The minimum atomic E-state index is -3.31. The lowest BCUT2D eigenvalue weighted by molar-refractivity contribution is 0.562. The molecule has 0 aliphatic heterocycles. The van der Waals surface area contributed by atoms with Crippen molar-refractivity contribution in [3.05, 3.63) is 28.8 Å². The van der Waals surface area contributed by atoms with Crippen LogP contribution in [0, 0.1) is 0 Å². The van der Waals surface area contributed by atoms with Crippen LogP contribution in [0.4, 0.5) is 0 Å². The number of nitrogens with zero attached hydrogens (tertiary/aromatic N) is 1. The first-order valence-electron chi connectivity index (χ1n) is 3.97. The molecule has 1 rings (SSSR count). The predicted molar refractivity (Wildman–Crippen MR) is 56.4 cm³/mol. The van der Waals surface area contributed by atoms with Gasteiger partial charge in [-0.15, -0.1) is 0 Å². The van der Waals surface area contributed by atoms with Gasteiger partial charge in [0.25, 0.3) is 0 Å². The number of hydrogen-bond acceptors (Lipinski definition) is 4. The third-order valence-corrected chi connectivity index (χ3v) is 3.30. The SMILES string of the molecule is CS(=O)(=O)c1ccc(CN=C=O)cc1Cl. The molecule has 0 N–H and O–H groups in total. The molecule has 0 bridgehead atoms. The molecule has 0 atom stereocenters. The Hall–Kier alpha value is -1.16. The molecule has 0 aliphatic rings. The van der Waals surface area contributed by atoms with E-state index in [0.29, 0.717) is 5.56 Å². The van der Waals surface area contributed by atoms with Crippen molar-refractivity contribution in [1.29, 1.82) is 0 Å². The summed E-state index contributed by atoms with van der Waals surface area (Å²) in [6, 6.07) is 4.43. The van der Waals surface area contributed by atoms with E-state index < -0.39 is 9.84 Å². The molecular formula is C9H8ClNO3S. The van der Waals surface area contributed by atoms with Crippen molar-refractivity contribution in [2.75, 3.05) is 6.26 Å². The van der Waals surface area contributed by atoms with Crippen molar-refractivity contribution in [3.8, 4) is 0 Å². The fraction of sp³-hybridized carbons (Fsp3) is 0.222. The summed E-state index contributed by atoms with van der Waals surface area (Å²) in [5.41, 5.74) is 0.663. The molecule has 0 heterocycles. The van der Waals surface area contributed by atoms with E-state index in [4.69, 9.17) is 11.6 Å². The maximum atomic E-state index is 11.2. The Bertz CT molecular complexity index is 518. The van der Waals surface area contributed by atoms with E-state index >= 15 is 0 Å². The van der Waals surface area contributed by atoms with Crippen molar-refractivity contribution >= 4 is 27.5 Å². The molecule has 0 fully saturated rings. The number of benzene rings is 1. The normalized spacial score (nSPS) is 10.8. The highest BCUT2D eigenvalue weighted by Crippen LogP contribution is 2.22. The van der Waals surface area contributed by atoms with Gasteiger partial charge < -0.3 is 0 Å². The molecule has 1 aromatic carbocycles. The summed E-state index contributed by atoms with van der Waals surface area (Å²) >= 11 is 5.77. The van der Waals surface area contributed by atoms with Crippen LogP contribution in [-0.2, 0) is 21.2 Å². The van der Waals surface area contributed by atoms with Gasteiger partial charge in [0.1, 0.15) is 0 Å². The fourth-order valence-corrected chi connectivity index (χ4v) is 2.42. The summed E-state index contributed by atoms with van der Waals surface area (Å²) in [5.74, 6) is 0. The van der Waals surface area contributed by atoms with Crippen molar-refractivity contribution in [1.82, 2.24) is 0 Å². The number of isocyanates is 1. The quantitative estimate of drug-likeness (QED) is 0.600. The van der Waals surface area contributed by atoms with Gasteiger partial charge in [-0.1, -0.05) is 17.7 Å². The van der Waals surface area contributed by atoms with Gasteiger partial charge in [0.05, 0.1) is 16.5 Å². The van der Waals surface area contributed by atoms with Gasteiger partial charge in [0, 0.05) is 6.26 Å². The van der Waals surface area contributed by atoms with Crippen molar-refractivity contribution in [3.63, 3.8) is 0 Å². The lowest BCUT2D eigenvalue weighted by Gasteiger charge is -2.03. The zero-order chi connectivity index (χ0) is 11.5. The summed E-state index contributed by atoms with van der Waals surface area (Å²) in [5, 5.41) is 0.135. The Balaban J connectivity index is 3.14. The van der Waals surface area contributed by atoms with E-state index in [1.165, 1.54) is 18.2 Å². The van der Waals surface area contributed by atoms with E-state index in [1.807, 2.05) is 0 Å². The molecule has 0 spiro atoms. The first-order valence-corrected chi connectivity index (χ1v) is 6.24. The van der Waals surface area contributed by atoms with Gasteiger partial charge in [0.2, 0.25) is 6.08 Å². The second-order valence-electron chi connectivity index (χ2n) is 2.94. The third-order valence-electron chi connectivity index (χ3n) is 1.72. The van der Waals surface area contributed by atoms with E-state index in [0.717, 1.165) is 6.26 Å². The summed E-state index contributed by atoms with van der Waals surface area (Å²) in [6.45, 7) is 0.146. The van der Waals surface area contributed by atoms with Crippen LogP contribution in [0.15, 0.2) is 28.1 Å². The van der Waals surface area contributed by atoms with Crippen LogP contribution < -0.4 is 0 Å². The molecule has 0 saturated heterocycles. The van der Waals surface area contributed by atoms with Crippen LogP contribution in [-0.4, -0.2) is 20.8 Å². The number of aliphatic imine (C=N–C) groups is 1. The Labute approximate surface area is 92.5 Å². The number of rotatable bonds is 3. The first kappa shape index (κ1) is 11.9. The Kier molecular flexibility index (Phi) is 3.63. The van der Waals surface area contributed by atoms with Gasteiger partial charge in [-0.2, -0.15) is 0 Å². The second-order valence-corrected chi connectivity index (χ2v) is 5.34. The van der Waals surface area contributed by atoms with Crippen LogP contribution in [0.1, 0.15) is 5.56 Å². The Morgan fingerprint density at radius 1 is 1.47 bits per heavy atom. The highest BCUT2D eigenvalue weighted by molar-refractivity contribution is 7.90. The maximum Gasteiger partial charge on any atom is 0.235 e. The van der Waals surface area contributed by atoms with Crippen molar-refractivity contribution in [2.45, 2.75) is 11.4 Å². The molecule has 1 aromatic rings. The smallest absolute Gasteiger partial charge is 0.224 e. The summed E-state index contributed by atoms with van der Waals surface area (Å²) in [6.07, 6.45) is 2.47. The molecule has 0 aromatic heterocycles. The molecule has 0 aliphatic carbocycles.